The van der Waals surface area contributed by atoms with Gasteiger partial charge in [0.2, 0.25) is 0 Å². The SMILES string of the molecule is CC(Oc1ccccc1)c1nc2ccccc2n1CCOc1ccccc1Cl. The predicted octanol–water partition coefficient (Wildman–Crippen LogP) is 5.91. The van der Waals surface area contributed by atoms with Crippen LogP contribution in [0.25, 0.3) is 11.0 Å². The van der Waals surface area contributed by atoms with Crippen LogP contribution in [0.3, 0.4) is 0 Å². The van der Waals surface area contributed by atoms with Gasteiger partial charge in [-0.2, -0.15) is 0 Å². The summed E-state index contributed by atoms with van der Waals surface area (Å²) in [6.45, 7) is 3.14. The van der Waals surface area contributed by atoms with Crippen LogP contribution in [0, 0.1) is 0 Å². The molecule has 4 rings (SSSR count). The molecule has 1 heterocycles. The maximum atomic E-state index is 6.19. The molecule has 0 fully saturated rings. The Hall–Kier alpha value is -2.98. The minimum Gasteiger partial charge on any atom is -0.490 e. The Balaban J connectivity index is 1.57. The molecule has 4 aromatic rings. The molecule has 0 N–H and O–H groups in total. The summed E-state index contributed by atoms with van der Waals surface area (Å²) < 4.78 is 14.2. The van der Waals surface area contributed by atoms with Crippen molar-refractivity contribution in [2.75, 3.05) is 6.61 Å². The Morgan fingerprint density at radius 3 is 2.46 bits per heavy atom. The zero-order valence-electron chi connectivity index (χ0n) is 15.6. The zero-order chi connectivity index (χ0) is 19.3. The first-order chi connectivity index (χ1) is 13.7. The number of fused-ring (bicyclic) bond motifs is 1. The zero-order valence-corrected chi connectivity index (χ0v) is 16.3. The van der Waals surface area contributed by atoms with Crippen molar-refractivity contribution >= 4 is 22.6 Å². The van der Waals surface area contributed by atoms with E-state index in [-0.39, 0.29) is 6.10 Å². The Bertz CT molecular complexity index is 1060. The summed E-state index contributed by atoms with van der Waals surface area (Å²) in [6, 6.07) is 25.4. The normalized spacial score (nSPS) is 12.1. The second-order valence-electron chi connectivity index (χ2n) is 6.46. The van der Waals surface area contributed by atoms with Gasteiger partial charge >= 0.3 is 0 Å². The van der Waals surface area contributed by atoms with E-state index in [1.807, 2.05) is 79.7 Å². The Morgan fingerprint density at radius 1 is 0.929 bits per heavy atom. The summed E-state index contributed by atoms with van der Waals surface area (Å²) >= 11 is 6.19. The van der Waals surface area contributed by atoms with Gasteiger partial charge in [0.1, 0.15) is 18.1 Å². The van der Waals surface area contributed by atoms with Crippen LogP contribution < -0.4 is 9.47 Å². The maximum Gasteiger partial charge on any atom is 0.153 e. The van der Waals surface area contributed by atoms with E-state index in [2.05, 4.69) is 10.6 Å². The molecule has 0 bridgehead atoms. The van der Waals surface area contributed by atoms with E-state index in [4.69, 9.17) is 26.1 Å². The molecule has 3 aromatic carbocycles. The lowest BCUT2D eigenvalue weighted by atomic mass is 10.3. The largest absolute Gasteiger partial charge is 0.490 e. The van der Waals surface area contributed by atoms with Crippen LogP contribution in [0.5, 0.6) is 11.5 Å². The molecule has 0 aliphatic heterocycles. The first kappa shape index (κ1) is 18.4. The van der Waals surface area contributed by atoms with Gasteiger partial charge in [0.25, 0.3) is 0 Å². The maximum absolute atomic E-state index is 6.19. The second-order valence-corrected chi connectivity index (χ2v) is 6.87. The van der Waals surface area contributed by atoms with Gasteiger partial charge < -0.3 is 14.0 Å². The molecule has 0 radical (unpaired) electrons. The molecule has 142 valence electrons. The highest BCUT2D eigenvalue weighted by atomic mass is 35.5. The van der Waals surface area contributed by atoms with Gasteiger partial charge in [0, 0.05) is 0 Å². The molecule has 0 aliphatic carbocycles. The number of hydrogen-bond donors (Lipinski definition) is 0. The van der Waals surface area contributed by atoms with Crippen molar-refractivity contribution in [3.63, 3.8) is 0 Å². The van der Waals surface area contributed by atoms with Gasteiger partial charge in [-0.15, -0.1) is 0 Å². The number of imidazole rings is 1. The number of halogens is 1. The fourth-order valence-electron chi connectivity index (χ4n) is 3.20. The lowest BCUT2D eigenvalue weighted by Gasteiger charge is -2.17. The quantitative estimate of drug-likeness (QED) is 0.392. The molecule has 1 unspecified atom stereocenters. The third kappa shape index (κ3) is 3.97. The van der Waals surface area contributed by atoms with E-state index in [0.717, 1.165) is 22.6 Å². The Kier molecular flexibility index (Phi) is 5.49. The first-order valence-electron chi connectivity index (χ1n) is 9.26. The van der Waals surface area contributed by atoms with Crippen molar-refractivity contribution in [3.8, 4) is 11.5 Å². The van der Waals surface area contributed by atoms with Gasteiger partial charge in [-0.25, -0.2) is 4.98 Å². The molecule has 0 spiro atoms. The summed E-state index contributed by atoms with van der Waals surface area (Å²) in [6.07, 6.45) is -0.199. The standard InChI is InChI=1S/C23H21ClN2O2/c1-17(28-18-9-3-2-4-10-18)23-25-20-12-6-7-13-21(20)26(23)15-16-27-22-14-8-5-11-19(22)24/h2-14,17H,15-16H2,1H3. The Labute approximate surface area is 169 Å². The van der Waals surface area contributed by atoms with Gasteiger partial charge in [-0.1, -0.05) is 54.1 Å². The highest BCUT2D eigenvalue weighted by molar-refractivity contribution is 6.32. The van der Waals surface area contributed by atoms with Gasteiger partial charge in [0.05, 0.1) is 22.6 Å². The highest BCUT2D eigenvalue weighted by Gasteiger charge is 2.18. The smallest absolute Gasteiger partial charge is 0.153 e. The van der Waals surface area contributed by atoms with E-state index >= 15 is 0 Å². The van der Waals surface area contributed by atoms with Crippen molar-refractivity contribution < 1.29 is 9.47 Å². The third-order valence-electron chi connectivity index (χ3n) is 4.51. The third-order valence-corrected chi connectivity index (χ3v) is 4.83. The van der Waals surface area contributed by atoms with Crippen molar-refractivity contribution in [2.24, 2.45) is 0 Å². The molecule has 0 saturated carbocycles. The van der Waals surface area contributed by atoms with Crippen LogP contribution in [-0.2, 0) is 6.54 Å². The number of para-hydroxylation sites is 4. The summed E-state index contributed by atoms with van der Waals surface area (Å²) in [4.78, 5) is 4.81. The molecular weight excluding hydrogens is 372 g/mol. The minimum absolute atomic E-state index is 0.199. The first-order valence-corrected chi connectivity index (χ1v) is 9.64. The number of rotatable bonds is 7. The molecule has 4 nitrogen and oxygen atoms in total. The molecule has 5 heteroatoms. The number of aromatic nitrogens is 2. The van der Waals surface area contributed by atoms with E-state index < -0.39 is 0 Å². The van der Waals surface area contributed by atoms with Crippen LogP contribution in [-0.4, -0.2) is 16.2 Å². The average Bonchev–Trinajstić information content (AvgIpc) is 3.09. The summed E-state index contributed by atoms with van der Waals surface area (Å²) in [5.41, 5.74) is 2.00. The minimum atomic E-state index is -0.199. The number of hydrogen-bond acceptors (Lipinski definition) is 3. The van der Waals surface area contributed by atoms with Crippen LogP contribution in [0.15, 0.2) is 78.9 Å². The predicted molar refractivity (Wildman–Crippen MR) is 112 cm³/mol. The second kappa shape index (κ2) is 8.36. The fraction of sp³-hybridized carbons (Fsp3) is 0.174. The number of nitrogens with zero attached hydrogens (tertiary/aromatic N) is 2. The average molecular weight is 393 g/mol. The summed E-state index contributed by atoms with van der Waals surface area (Å²) in [5.74, 6) is 2.37. The van der Waals surface area contributed by atoms with Gasteiger partial charge in [0.15, 0.2) is 11.9 Å². The van der Waals surface area contributed by atoms with Crippen LogP contribution in [0.4, 0.5) is 0 Å². The van der Waals surface area contributed by atoms with Crippen molar-refractivity contribution in [2.45, 2.75) is 19.6 Å². The number of benzene rings is 3. The molecular formula is C23H21ClN2O2. The van der Waals surface area contributed by atoms with Crippen LogP contribution in [0.2, 0.25) is 5.02 Å². The van der Waals surface area contributed by atoms with Crippen LogP contribution in [0.1, 0.15) is 18.9 Å². The lowest BCUT2D eigenvalue weighted by molar-refractivity contribution is 0.207. The topological polar surface area (TPSA) is 36.3 Å². The van der Waals surface area contributed by atoms with E-state index in [1.165, 1.54) is 0 Å². The molecule has 1 atom stereocenters. The van der Waals surface area contributed by atoms with E-state index in [9.17, 15) is 0 Å². The fourth-order valence-corrected chi connectivity index (χ4v) is 3.39. The molecule has 0 saturated heterocycles. The molecule has 1 aromatic heterocycles. The van der Waals surface area contributed by atoms with Crippen LogP contribution >= 0.6 is 11.6 Å². The summed E-state index contributed by atoms with van der Waals surface area (Å²) in [7, 11) is 0. The lowest BCUT2D eigenvalue weighted by Crippen LogP contribution is -2.15. The van der Waals surface area contributed by atoms with Crippen molar-refractivity contribution in [1.82, 2.24) is 9.55 Å². The summed E-state index contributed by atoms with van der Waals surface area (Å²) in [5, 5.41) is 0.610. The molecule has 0 aliphatic rings. The van der Waals surface area contributed by atoms with Crippen molar-refractivity contribution in [3.05, 3.63) is 89.7 Å². The van der Waals surface area contributed by atoms with Gasteiger partial charge in [-0.3, -0.25) is 0 Å². The Morgan fingerprint density at radius 2 is 1.64 bits per heavy atom. The highest BCUT2D eigenvalue weighted by Crippen LogP contribution is 2.26. The van der Waals surface area contributed by atoms with Gasteiger partial charge in [-0.05, 0) is 43.3 Å². The monoisotopic (exact) mass is 392 g/mol. The van der Waals surface area contributed by atoms with E-state index in [1.54, 1.807) is 0 Å². The van der Waals surface area contributed by atoms with E-state index in [0.29, 0.717) is 23.9 Å². The molecule has 28 heavy (non-hydrogen) atoms. The number of ether oxygens (including phenoxy) is 2. The van der Waals surface area contributed by atoms with Crippen molar-refractivity contribution in [1.29, 1.82) is 0 Å². The molecule has 0 amide bonds.